The fraction of sp³-hybridized carbons (Fsp3) is 0.526. The molecule has 2 amide bonds. The molecule has 1 aromatic carbocycles. The Morgan fingerprint density at radius 3 is 1.68 bits per heavy atom. The van der Waals surface area contributed by atoms with Crippen LogP contribution in [0.5, 0.6) is 11.5 Å². The predicted molar refractivity (Wildman–Crippen MR) is 105 cm³/mol. The molecule has 0 aliphatic heterocycles. The van der Waals surface area contributed by atoms with Crippen LogP contribution >= 0.6 is 0 Å². The van der Waals surface area contributed by atoms with Gasteiger partial charge in [0.2, 0.25) is 5.96 Å². The van der Waals surface area contributed by atoms with Gasteiger partial charge in [-0.1, -0.05) is 0 Å². The Bertz CT molecular complexity index is 700. The highest BCUT2D eigenvalue weighted by molar-refractivity contribution is 6.02. The monoisotopic (exact) mass is 395 g/mol. The minimum Gasteiger partial charge on any atom is -0.493 e. The van der Waals surface area contributed by atoms with Crippen LogP contribution in [0.3, 0.4) is 0 Å². The molecule has 0 saturated heterocycles. The molecule has 0 heterocycles. The Morgan fingerprint density at radius 1 is 0.821 bits per heavy atom. The first-order chi connectivity index (χ1) is 12.8. The van der Waals surface area contributed by atoms with Crippen molar-refractivity contribution in [3.63, 3.8) is 0 Å². The van der Waals surface area contributed by atoms with E-state index in [-0.39, 0.29) is 5.96 Å². The zero-order chi connectivity index (χ0) is 21.5. The van der Waals surface area contributed by atoms with Crippen LogP contribution in [-0.2, 0) is 9.47 Å². The maximum atomic E-state index is 12.1. The van der Waals surface area contributed by atoms with Gasteiger partial charge in [-0.3, -0.25) is 10.6 Å². The summed E-state index contributed by atoms with van der Waals surface area (Å²) in [4.78, 5) is 28.4. The van der Waals surface area contributed by atoms with Crippen molar-refractivity contribution >= 4 is 23.8 Å². The zero-order valence-electron chi connectivity index (χ0n) is 17.6. The number of nitrogens with one attached hydrogen (secondary N) is 2. The third kappa shape index (κ3) is 8.61. The van der Waals surface area contributed by atoms with Crippen molar-refractivity contribution in [3.8, 4) is 11.5 Å². The average Bonchev–Trinajstić information content (AvgIpc) is 2.50. The highest BCUT2D eigenvalue weighted by Crippen LogP contribution is 2.31. The first-order valence-electron chi connectivity index (χ1n) is 8.63. The number of methoxy groups -OCH3 is 2. The number of carbonyl (C=O) groups is 2. The molecule has 0 aliphatic rings. The van der Waals surface area contributed by atoms with Crippen LogP contribution in [0.1, 0.15) is 41.5 Å². The molecule has 1 rings (SSSR count). The fourth-order valence-electron chi connectivity index (χ4n) is 1.91. The second kappa shape index (κ2) is 9.29. The lowest BCUT2D eigenvalue weighted by molar-refractivity contribution is 0.0545. The number of benzene rings is 1. The van der Waals surface area contributed by atoms with Gasteiger partial charge in [0.25, 0.3) is 0 Å². The van der Waals surface area contributed by atoms with Gasteiger partial charge < -0.3 is 18.9 Å². The second-order valence-corrected chi connectivity index (χ2v) is 7.75. The van der Waals surface area contributed by atoms with Gasteiger partial charge in [-0.15, -0.1) is 0 Å². The van der Waals surface area contributed by atoms with E-state index in [4.69, 9.17) is 18.9 Å². The van der Waals surface area contributed by atoms with Crippen molar-refractivity contribution in [1.82, 2.24) is 10.6 Å². The summed E-state index contributed by atoms with van der Waals surface area (Å²) in [5.41, 5.74) is -1.03. The number of guanidine groups is 1. The Kier molecular flexibility index (Phi) is 7.66. The number of rotatable bonds is 3. The van der Waals surface area contributed by atoms with Gasteiger partial charge in [-0.25, -0.2) is 14.6 Å². The lowest BCUT2D eigenvalue weighted by Gasteiger charge is -2.22. The van der Waals surface area contributed by atoms with E-state index in [0.29, 0.717) is 17.2 Å². The minimum absolute atomic E-state index is 0.157. The van der Waals surface area contributed by atoms with E-state index >= 15 is 0 Å². The predicted octanol–water partition coefficient (Wildman–Crippen LogP) is 3.74. The Labute approximate surface area is 165 Å². The quantitative estimate of drug-likeness (QED) is 0.596. The van der Waals surface area contributed by atoms with Crippen molar-refractivity contribution in [2.45, 2.75) is 52.7 Å². The maximum absolute atomic E-state index is 12.1. The van der Waals surface area contributed by atoms with Crippen molar-refractivity contribution < 1.29 is 28.5 Å². The molecule has 0 saturated carbocycles. The summed E-state index contributed by atoms with van der Waals surface area (Å²) in [7, 11) is 3.00. The molecule has 0 aromatic heterocycles. The number of hydrogen-bond acceptors (Lipinski definition) is 7. The number of aliphatic imine (C=N–C) groups is 1. The first kappa shape index (κ1) is 23.1. The number of amides is 2. The summed E-state index contributed by atoms with van der Waals surface area (Å²) in [6.07, 6.45) is -1.55. The van der Waals surface area contributed by atoms with Crippen LogP contribution in [0, 0.1) is 0 Å². The molecule has 0 fully saturated rings. The Hall–Kier alpha value is -2.97. The van der Waals surface area contributed by atoms with E-state index in [1.165, 1.54) is 14.2 Å². The van der Waals surface area contributed by atoms with Gasteiger partial charge in [-0.05, 0) is 53.7 Å². The summed E-state index contributed by atoms with van der Waals surface area (Å²) in [5.74, 6) is 0.802. The van der Waals surface area contributed by atoms with E-state index in [1.54, 1.807) is 59.7 Å². The van der Waals surface area contributed by atoms with E-state index in [0.717, 1.165) is 0 Å². The molecule has 0 unspecified atom stereocenters. The lowest BCUT2D eigenvalue weighted by Crippen LogP contribution is -2.47. The maximum Gasteiger partial charge on any atom is 0.414 e. The van der Waals surface area contributed by atoms with Crippen LogP contribution in [0.2, 0.25) is 0 Å². The first-order valence-corrected chi connectivity index (χ1v) is 8.63. The molecule has 2 N–H and O–H groups in total. The number of hydrogen-bond donors (Lipinski definition) is 2. The second-order valence-electron chi connectivity index (χ2n) is 7.75. The van der Waals surface area contributed by atoms with Gasteiger partial charge in [0.1, 0.15) is 11.2 Å². The Balaban J connectivity index is 3.13. The molecule has 9 nitrogen and oxygen atoms in total. The summed E-state index contributed by atoms with van der Waals surface area (Å²) >= 11 is 0. The summed E-state index contributed by atoms with van der Waals surface area (Å²) in [6, 6.07) is 4.87. The molecule has 0 atom stereocenters. The molecule has 28 heavy (non-hydrogen) atoms. The molecule has 0 radical (unpaired) electrons. The standard InChI is InChI=1S/C19H29N3O6/c1-18(2,3)27-16(23)21-15(22-17(24)28-19(4,5)6)20-12-9-10-13(25-7)14(11-12)26-8/h9-11H,1-8H3,(H2,20,21,22,23,24). The Morgan fingerprint density at radius 2 is 1.29 bits per heavy atom. The summed E-state index contributed by atoms with van der Waals surface area (Å²) in [6.45, 7) is 10.3. The molecular formula is C19H29N3O6. The largest absolute Gasteiger partial charge is 0.493 e. The van der Waals surface area contributed by atoms with Crippen LogP contribution in [0.25, 0.3) is 0 Å². The summed E-state index contributed by atoms with van der Waals surface area (Å²) in [5, 5.41) is 4.82. The van der Waals surface area contributed by atoms with E-state index in [2.05, 4.69) is 15.6 Å². The smallest absolute Gasteiger partial charge is 0.414 e. The van der Waals surface area contributed by atoms with Crippen molar-refractivity contribution in [1.29, 1.82) is 0 Å². The fourth-order valence-corrected chi connectivity index (χ4v) is 1.91. The van der Waals surface area contributed by atoms with Crippen molar-refractivity contribution in [2.75, 3.05) is 14.2 Å². The number of nitrogens with zero attached hydrogens (tertiary/aromatic N) is 1. The third-order valence-corrected chi connectivity index (χ3v) is 2.85. The SMILES string of the molecule is COc1ccc(N=C(NC(=O)OC(C)(C)C)NC(=O)OC(C)(C)C)cc1OC. The molecule has 156 valence electrons. The van der Waals surface area contributed by atoms with Crippen LogP contribution < -0.4 is 20.1 Å². The molecular weight excluding hydrogens is 366 g/mol. The lowest BCUT2D eigenvalue weighted by atomic mass is 10.2. The summed E-state index contributed by atoms with van der Waals surface area (Å²) < 4.78 is 20.8. The molecule has 0 spiro atoms. The number of ether oxygens (including phenoxy) is 4. The van der Waals surface area contributed by atoms with Gasteiger partial charge in [0.05, 0.1) is 19.9 Å². The normalized spacial score (nSPS) is 11.1. The topological polar surface area (TPSA) is 107 Å². The van der Waals surface area contributed by atoms with Crippen LogP contribution in [-0.4, -0.2) is 43.6 Å². The van der Waals surface area contributed by atoms with E-state index in [9.17, 15) is 9.59 Å². The van der Waals surface area contributed by atoms with Gasteiger partial charge in [0, 0.05) is 6.07 Å². The van der Waals surface area contributed by atoms with Gasteiger partial charge in [-0.2, -0.15) is 0 Å². The molecule has 0 bridgehead atoms. The van der Waals surface area contributed by atoms with Gasteiger partial charge in [0.15, 0.2) is 11.5 Å². The van der Waals surface area contributed by atoms with E-state index < -0.39 is 23.4 Å². The zero-order valence-corrected chi connectivity index (χ0v) is 17.6. The van der Waals surface area contributed by atoms with Gasteiger partial charge >= 0.3 is 12.2 Å². The van der Waals surface area contributed by atoms with E-state index in [1.807, 2.05) is 0 Å². The molecule has 9 heteroatoms. The minimum atomic E-state index is -0.775. The average molecular weight is 395 g/mol. The molecule has 0 aliphatic carbocycles. The highest BCUT2D eigenvalue weighted by Gasteiger charge is 2.21. The van der Waals surface area contributed by atoms with Crippen LogP contribution in [0.15, 0.2) is 23.2 Å². The number of carbonyl (C=O) groups excluding carboxylic acids is 2. The molecule has 1 aromatic rings. The third-order valence-electron chi connectivity index (χ3n) is 2.85. The van der Waals surface area contributed by atoms with Crippen LogP contribution in [0.4, 0.5) is 15.3 Å². The number of alkyl carbamates (subject to hydrolysis) is 2. The van der Waals surface area contributed by atoms with Crippen molar-refractivity contribution in [2.24, 2.45) is 4.99 Å². The van der Waals surface area contributed by atoms with Crippen molar-refractivity contribution in [3.05, 3.63) is 18.2 Å². The highest BCUT2D eigenvalue weighted by atomic mass is 16.6.